The van der Waals surface area contributed by atoms with Gasteiger partial charge in [0.2, 0.25) is 11.7 Å². The first-order valence-electron chi connectivity index (χ1n) is 8.34. The number of aryl methyl sites for hydroxylation is 2. The molecule has 0 saturated carbocycles. The van der Waals surface area contributed by atoms with Gasteiger partial charge in [-0.05, 0) is 43.5 Å². The molecular formula is C19H21N3O5. The zero-order valence-corrected chi connectivity index (χ0v) is 15.4. The third-order valence-corrected chi connectivity index (χ3v) is 3.91. The standard InChI is InChI=1S/C19H21N3O5/c1-4-27-17-9-15(8-16(19(17)24)22(25)26)11-20-21-18(23)10-14-6-5-12(2)13(3)7-14/h5-9,11,24H,4,10H2,1-3H3,(H,21,23)/b20-11+. The number of nitrogens with one attached hydrogen (secondary N) is 1. The van der Waals surface area contributed by atoms with Gasteiger partial charge in [0.15, 0.2) is 5.75 Å². The smallest absolute Gasteiger partial charge is 0.315 e. The van der Waals surface area contributed by atoms with Crippen molar-refractivity contribution < 1.29 is 19.6 Å². The van der Waals surface area contributed by atoms with Crippen LogP contribution in [0.15, 0.2) is 35.4 Å². The lowest BCUT2D eigenvalue weighted by molar-refractivity contribution is -0.386. The molecule has 0 unspecified atom stereocenters. The number of benzene rings is 2. The molecule has 0 fully saturated rings. The number of hydrogen-bond acceptors (Lipinski definition) is 6. The van der Waals surface area contributed by atoms with E-state index in [0.29, 0.717) is 5.56 Å². The van der Waals surface area contributed by atoms with E-state index in [1.165, 1.54) is 12.3 Å². The molecule has 0 spiro atoms. The molecular weight excluding hydrogens is 350 g/mol. The average molecular weight is 371 g/mol. The quantitative estimate of drug-likeness (QED) is 0.441. The van der Waals surface area contributed by atoms with Crippen molar-refractivity contribution in [1.82, 2.24) is 5.43 Å². The number of rotatable bonds is 7. The Balaban J connectivity index is 2.09. The summed E-state index contributed by atoms with van der Waals surface area (Å²) in [6.45, 7) is 5.90. The Morgan fingerprint density at radius 2 is 2.04 bits per heavy atom. The second-order valence-corrected chi connectivity index (χ2v) is 5.97. The zero-order valence-electron chi connectivity index (χ0n) is 15.4. The van der Waals surface area contributed by atoms with Crippen LogP contribution in [-0.2, 0) is 11.2 Å². The molecule has 0 aromatic heterocycles. The minimum absolute atomic E-state index is 0.0189. The number of nitro groups is 1. The lowest BCUT2D eigenvalue weighted by atomic mass is 10.0. The number of nitrogens with zero attached hydrogens (tertiary/aromatic N) is 2. The molecule has 2 aromatic rings. The number of phenols is 1. The van der Waals surface area contributed by atoms with E-state index in [9.17, 15) is 20.0 Å². The normalized spacial score (nSPS) is 10.8. The van der Waals surface area contributed by atoms with Gasteiger partial charge in [-0.15, -0.1) is 0 Å². The second-order valence-electron chi connectivity index (χ2n) is 5.97. The van der Waals surface area contributed by atoms with E-state index in [0.717, 1.165) is 22.8 Å². The summed E-state index contributed by atoms with van der Waals surface area (Å²) < 4.78 is 5.19. The maximum atomic E-state index is 12.0. The van der Waals surface area contributed by atoms with Crippen LogP contribution in [0, 0.1) is 24.0 Å². The second kappa shape index (κ2) is 8.79. The Labute approximate surface area is 156 Å². The molecule has 0 aliphatic carbocycles. The number of hydrogen-bond donors (Lipinski definition) is 2. The predicted molar refractivity (Wildman–Crippen MR) is 101 cm³/mol. The fourth-order valence-corrected chi connectivity index (χ4v) is 2.41. The van der Waals surface area contributed by atoms with E-state index in [4.69, 9.17) is 4.74 Å². The summed E-state index contributed by atoms with van der Waals surface area (Å²) in [5, 5.41) is 24.7. The van der Waals surface area contributed by atoms with Crippen molar-refractivity contribution in [3.8, 4) is 11.5 Å². The molecule has 2 N–H and O–H groups in total. The van der Waals surface area contributed by atoms with Crippen LogP contribution in [0.3, 0.4) is 0 Å². The summed E-state index contributed by atoms with van der Waals surface area (Å²) in [4.78, 5) is 22.3. The van der Waals surface area contributed by atoms with Crippen LogP contribution >= 0.6 is 0 Å². The van der Waals surface area contributed by atoms with E-state index in [1.54, 1.807) is 6.92 Å². The van der Waals surface area contributed by atoms with E-state index in [-0.39, 0.29) is 24.7 Å². The van der Waals surface area contributed by atoms with Gasteiger partial charge in [-0.25, -0.2) is 5.43 Å². The zero-order chi connectivity index (χ0) is 20.0. The summed E-state index contributed by atoms with van der Waals surface area (Å²) in [5.74, 6) is -0.875. The van der Waals surface area contributed by atoms with Crippen molar-refractivity contribution in [2.45, 2.75) is 27.2 Å². The summed E-state index contributed by atoms with van der Waals surface area (Å²) in [6.07, 6.45) is 1.42. The van der Waals surface area contributed by atoms with Crippen LogP contribution in [0.25, 0.3) is 0 Å². The van der Waals surface area contributed by atoms with E-state index >= 15 is 0 Å². The topological polar surface area (TPSA) is 114 Å². The number of carbonyl (C=O) groups excluding carboxylic acids is 1. The van der Waals surface area contributed by atoms with Gasteiger partial charge in [-0.3, -0.25) is 14.9 Å². The Kier molecular flexibility index (Phi) is 6.48. The summed E-state index contributed by atoms with van der Waals surface area (Å²) in [5.41, 5.74) is 5.32. The fourth-order valence-electron chi connectivity index (χ4n) is 2.41. The molecule has 0 aliphatic rings. The van der Waals surface area contributed by atoms with Crippen LogP contribution in [-0.4, -0.2) is 28.8 Å². The van der Waals surface area contributed by atoms with Crippen molar-refractivity contribution >= 4 is 17.8 Å². The molecule has 0 atom stereocenters. The van der Waals surface area contributed by atoms with Crippen molar-refractivity contribution in [3.05, 3.63) is 62.7 Å². The third kappa shape index (κ3) is 5.27. The van der Waals surface area contributed by atoms with E-state index in [1.807, 2.05) is 32.0 Å². The van der Waals surface area contributed by atoms with Crippen molar-refractivity contribution in [2.24, 2.45) is 5.10 Å². The minimum Gasteiger partial charge on any atom is -0.500 e. The molecule has 27 heavy (non-hydrogen) atoms. The van der Waals surface area contributed by atoms with Crippen molar-refractivity contribution in [1.29, 1.82) is 0 Å². The molecule has 2 aromatic carbocycles. The maximum Gasteiger partial charge on any atom is 0.315 e. The van der Waals surface area contributed by atoms with E-state index < -0.39 is 16.4 Å². The van der Waals surface area contributed by atoms with Gasteiger partial charge in [0, 0.05) is 11.6 Å². The Bertz CT molecular complexity index is 893. The first-order chi connectivity index (χ1) is 12.8. The molecule has 0 aliphatic heterocycles. The predicted octanol–water partition coefficient (Wildman–Crippen LogP) is 3.01. The van der Waals surface area contributed by atoms with E-state index in [2.05, 4.69) is 10.5 Å². The highest BCUT2D eigenvalue weighted by molar-refractivity contribution is 5.85. The van der Waals surface area contributed by atoms with Gasteiger partial charge in [-0.1, -0.05) is 18.2 Å². The Morgan fingerprint density at radius 1 is 1.30 bits per heavy atom. The number of ether oxygens (including phenoxy) is 1. The lowest BCUT2D eigenvalue weighted by Gasteiger charge is -2.07. The Morgan fingerprint density at radius 3 is 2.67 bits per heavy atom. The first-order valence-corrected chi connectivity index (χ1v) is 8.34. The molecule has 0 heterocycles. The fraction of sp³-hybridized carbons (Fsp3) is 0.263. The number of carbonyl (C=O) groups is 1. The van der Waals surface area contributed by atoms with Gasteiger partial charge >= 0.3 is 5.69 Å². The molecule has 1 amide bonds. The average Bonchev–Trinajstić information content (AvgIpc) is 2.60. The van der Waals surface area contributed by atoms with Crippen molar-refractivity contribution in [2.75, 3.05) is 6.61 Å². The van der Waals surface area contributed by atoms with Gasteiger partial charge in [0.05, 0.1) is 24.2 Å². The number of nitro benzene ring substituents is 1. The minimum atomic E-state index is -0.715. The van der Waals surface area contributed by atoms with Crippen LogP contribution in [0.4, 0.5) is 5.69 Å². The van der Waals surface area contributed by atoms with Gasteiger partial charge < -0.3 is 9.84 Å². The molecule has 142 valence electrons. The SMILES string of the molecule is CCOc1cc(/C=N/NC(=O)Cc2ccc(C)c(C)c2)cc([N+](=O)[O-])c1O. The van der Waals surface area contributed by atoms with Gasteiger partial charge in [0.25, 0.3) is 0 Å². The number of phenolic OH excluding ortho intramolecular Hbond substituents is 1. The summed E-state index contributed by atoms with van der Waals surface area (Å²) in [6, 6.07) is 8.33. The summed E-state index contributed by atoms with van der Waals surface area (Å²) >= 11 is 0. The largest absolute Gasteiger partial charge is 0.500 e. The molecule has 8 nitrogen and oxygen atoms in total. The van der Waals surface area contributed by atoms with Crippen LogP contribution in [0.1, 0.15) is 29.2 Å². The Hall–Kier alpha value is -3.42. The number of aromatic hydroxyl groups is 1. The van der Waals surface area contributed by atoms with Crippen LogP contribution < -0.4 is 10.2 Å². The first kappa shape index (κ1) is 19.9. The lowest BCUT2D eigenvalue weighted by Crippen LogP contribution is -2.19. The highest BCUT2D eigenvalue weighted by Gasteiger charge is 2.19. The monoisotopic (exact) mass is 371 g/mol. The number of amides is 1. The van der Waals surface area contributed by atoms with Crippen molar-refractivity contribution in [3.63, 3.8) is 0 Å². The summed E-state index contributed by atoms with van der Waals surface area (Å²) in [7, 11) is 0. The van der Waals surface area contributed by atoms with Gasteiger partial charge in [0.1, 0.15) is 0 Å². The molecule has 8 heteroatoms. The molecule has 0 saturated heterocycles. The molecule has 0 radical (unpaired) electrons. The van der Waals surface area contributed by atoms with Gasteiger partial charge in [-0.2, -0.15) is 5.10 Å². The highest BCUT2D eigenvalue weighted by Crippen LogP contribution is 2.36. The third-order valence-electron chi connectivity index (χ3n) is 3.91. The molecule has 0 bridgehead atoms. The van der Waals surface area contributed by atoms with Crippen LogP contribution in [0.5, 0.6) is 11.5 Å². The molecule has 2 rings (SSSR count). The van der Waals surface area contributed by atoms with Crippen LogP contribution in [0.2, 0.25) is 0 Å². The maximum absolute atomic E-state index is 12.0. The number of hydrazone groups is 1. The highest BCUT2D eigenvalue weighted by atomic mass is 16.6.